The summed E-state index contributed by atoms with van der Waals surface area (Å²) in [5.74, 6) is 0.643. The first-order valence-corrected chi connectivity index (χ1v) is 4.33. The average molecular weight is 166 g/mol. The van der Waals surface area contributed by atoms with Gasteiger partial charge in [0.15, 0.2) is 0 Å². The summed E-state index contributed by atoms with van der Waals surface area (Å²) < 4.78 is 1.76. The molecule has 0 saturated heterocycles. The van der Waals surface area contributed by atoms with Gasteiger partial charge in [0.1, 0.15) is 5.60 Å². The topological polar surface area (TPSA) is 38.1 Å². The van der Waals surface area contributed by atoms with Gasteiger partial charge in [0.05, 0.1) is 5.69 Å². The van der Waals surface area contributed by atoms with Crippen molar-refractivity contribution in [1.82, 2.24) is 9.78 Å². The first-order chi connectivity index (χ1) is 5.62. The molecule has 1 heterocycles. The van der Waals surface area contributed by atoms with E-state index in [1.807, 2.05) is 13.1 Å². The van der Waals surface area contributed by atoms with Crippen LogP contribution >= 0.6 is 0 Å². The summed E-state index contributed by atoms with van der Waals surface area (Å²) in [6.45, 7) is 2.16. The number of rotatable bonds is 1. The summed E-state index contributed by atoms with van der Waals surface area (Å²) in [5, 5.41) is 14.1. The van der Waals surface area contributed by atoms with E-state index >= 15 is 0 Å². The number of hydrogen-bond donors (Lipinski definition) is 1. The van der Waals surface area contributed by atoms with Crippen molar-refractivity contribution < 1.29 is 5.11 Å². The van der Waals surface area contributed by atoms with E-state index in [4.69, 9.17) is 0 Å². The van der Waals surface area contributed by atoms with E-state index in [0.717, 1.165) is 18.5 Å². The van der Waals surface area contributed by atoms with Gasteiger partial charge in [-0.1, -0.05) is 6.92 Å². The molecule has 0 bridgehead atoms. The van der Waals surface area contributed by atoms with Crippen molar-refractivity contribution in [2.24, 2.45) is 13.0 Å². The van der Waals surface area contributed by atoms with Crippen molar-refractivity contribution in [1.29, 1.82) is 0 Å². The zero-order chi connectivity index (χ0) is 8.77. The lowest BCUT2D eigenvalue weighted by molar-refractivity contribution is -0.0798. The molecule has 1 N–H and O–H groups in total. The SMILES string of the molecule is CC1CC(O)(c2ccnn2C)C1. The Labute approximate surface area is 72.0 Å². The van der Waals surface area contributed by atoms with Crippen LogP contribution in [0.25, 0.3) is 0 Å². The van der Waals surface area contributed by atoms with E-state index in [0.29, 0.717) is 5.92 Å². The Balaban J connectivity index is 2.26. The van der Waals surface area contributed by atoms with Crippen molar-refractivity contribution >= 4 is 0 Å². The van der Waals surface area contributed by atoms with Gasteiger partial charge in [-0.2, -0.15) is 5.10 Å². The number of aliphatic hydroxyl groups is 1. The molecule has 0 aliphatic heterocycles. The molecule has 3 nitrogen and oxygen atoms in total. The summed E-state index contributed by atoms with van der Waals surface area (Å²) in [6.07, 6.45) is 3.47. The van der Waals surface area contributed by atoms with Gasteiger partial charge in [0, 0.05) is 13.2 Å². The van der Waals surface area contributed by atoms with Crippen LogP contribution in [0, 0.1) is 5.92 Å². The van der Waals surface area contributed by atoms with Crippen LogP contribution in [0.4, 0.5) is 0 Å². The minimum absolute atomic E-state index is 0.593. The van der Waals surface area contributed by atoms with Gasteiger partial charge in [-0.05, 0) is 24.8 Å². The van der Waals surface area contributed by atoms with E-state index < -0.39 is 5.60 Å². The molecule has 66 valence electrons. The molecule has 1 aliphatic carbocycles. The third-order valence-electron chi connectivity index (χ3n) is 2.67. The Morgan fingerprint density at radius 3 is 2.75 bits per heavy atom. The largest absolute Gasteiger partial charge is 0.384 e. The van der Waals surface area contributed by atoms with Crippen LogP contribution in [0.5, 0.6) is 0 Å². The van der Waals surface area contributed by atoms with Gasteiger partial charge in [-0.3, -0.25) is 4.68 Å². The van der Waals surface area contributed by atoms with E-state index in [9.17, 15) is 5.11 Å². The minimum Gasteiger partial charge on any atom is -0.384 e. The van der Waals surface area contributed by atoms with Crippen LogP contribution in [0.2, 0.25) is 0 Å². The fourth-order valence-electron chi connectivity index (χ4n) is 2.13. The smallest absolute Gasteiger partial charge is 0.107 e. The molecule has 2 rings (SSSR count). The first-order valence-electron chi connectivity index (χ1n) is 4.33. The van der Waals surface area contributed by atoms with E-state index in [2.05, 4.69) is 12.0 Å². The third-order valence-corrected chi connectivity index (χ3v) is 2.67. The number of aryl methyl sites for hydroxylation is 1. The van der Waals surface area contributed by atoms with Crippen LogP contribution in [-0.2, 0) is 12.6 Å². The standard InChI is InChI=1S/C9H14N2O/c1-7-5-9(12,6-7)8-3-4-10-11(8)2/h3-4,7,12H,5-6H2,1-2H3. The second kappa shape index (κ2) is 2.33. The Kier molecular flexibility index (Phi) is 1.51. The fourth-order valence-corrected chi connectivity index (χ4v) is 2.13. The Bertz CT molecular complexity index is 286. The van der Waals surface area contributed by atoms with E-state index in [1.54, 1.807) is 10.9 Å². The van der Waals surface area contributed by atoms with Gasteiger partial charge < -0.3 is 5.11 Å². The highest BCUT2D eigenvalue weighted by Crippen LogP contribution is 2.44. The maximum atomic E-state index is 10.1. The lowest BCUT2D eigenvalue weighted by atomic mass is 9.70. The number of aromatic nitrogens is 2. The van der Waals surface area contributed by atoms with Crippen LogP contribution in [0.1, 0.15) is 25.5 Å². The highest BCUT2D eigenvalue weighted by atomic mass is 16.3. The average Bonchev–Trinajstić information content (AvgIpc) is 2.32. The normalized spacial score (nSPS) is 34.8. The first kappa shape index (κ1) is 7.80. The second-order valence-electron chi connectivity index (χ2n) is 3.89. The molecule has 0 aromatic carbocycles. The molecule has 1 aromatic heterocycles. The summed E-state index contributed by atoms with van der Waals surface area (Å²) in [5.41, 5.74) is 0.352. The van der Waals surface area contributed by atoms with E-state index in [-0.39, 0.29) is 0 Å². The monoisotopic (exact) mass is 166 g/mol. The molecule has 0 unspecified atom stereocenters. The Morgan fingerprint density at radius 1 is 1.67 bits per heavy atom. The lowest BCUT2D eigenvalue weighted by Crippen LogP contribution is -2.41. The van der Waals surface area contributed by atoms with Gasteiger partial charge >= 0.3 is 0 Å². The molecule has 0 amide bonds. The summed E-state index contributed by atoms with van der Waals surface area (Å²) in [6, 6.07) is 1.89. The van der Waals surface area contributed by atoms with Gasteiger partial charge in [-0.25, -0.2) is 0 Å². The quantitative estimate of drug-likeness (QED) is 0.677. The minimum atomic E-state index is -0.593. The van der Waals surface area contributed by atoms with Crippen molar-refractivity contribution in [3.8, 4) is 0 Å². The van der Waals surface area contributed by atoms with Crippen LogP contribution in [-0.4, -0.2) is 14.9 Å². The predicted octanol–water partition coefficient (Wildman–Crippen LogP) is 1.04. The zero-order valence-corrected chi connectivity index (χ0v) is 7.49. The second-order valence-corrected chi connectivity index (χ2v) is 3.89. The predicted molar refractivity (Wildman–Crippen MR) is 45.5 cm³/mol. The summed E-state index contributed by atoms with van der Waals surface area (Å²) in [7, 11) is 1.87. The molecule has 1 aromatic rings. The maximum Gasteiger partial charge on any atom is 0.107 e. The summed E-state index contributed by atoms with van der Waals surface area (Å²) >= 11 is 0. The number of hydrogen-bond acceptors (Lipinski definition) is 2. The van der Waals surface area contributed by atoms with Gasteiger partial charge in [0.2, 0.25) is 0 Å². The molecular formula is C9H14N2O. The highest BCUT2D eigenvalue weighted by Gasteiger charge is 2.43. The zero-order valence-electron chi connectivity index (χ0n) is 7.49. The van der Waals surface area contributed by atoms with Crippen molar-refractivity contribution in [3.63, 3.8) is 0 Å². The molecule has 0 spiro atoms. The molecule has 3 heteroatoms. The van der Waals surface area contributed by atoms with Crippen molar-refractivity contribution in [2.75, 3.05) is 0 Å². The van der Waals surface area contributed by atoms with Crippen molar-refractivity contribution in [2.45, 2.75) is 25.4 Å². The van der Waals surface area contributed by atoms with Crippen LogP contribution in [0.3, 0.4) is 0 Å². The highest BCUT2D eigenvalue weighted by molar-refractivity contribution is 5.15. The molecular weight excluding hydrogens is 152 g/mol. The van der Waals surface area contributed by atoms with Gasteiger partial charge in [-0.15, -0.1) is 0 Å². The molecule has 0 atom stereocenters. The Hall–Kier alpha value is -0.830. The Morgan fingerprint density at radius 2 is 2.33 bits per heavy atom. The fraction of sp³-hybridized carbons (Fsp3) is 0.667. The van der Waals surface area contributed by atoms with Crippen LogP contribution in [0.15, 0.2) is 12.3 Å². The summed E-state index contributed by atoms with van der Waals surface area (Å²) in [4.78, 5) is 0. The van der Waals surface area contributed by atoms with Crippen LogP contribution < -0.4 is 0 Å². The molecule has 0 radical (unpaired) electrons. The van der Waals surface area contributed by atoms with Crippen molar-refractivity contribution in [3.05, 3.63) is 18.0 Å². The molecule has 1 saturated carbocycles. The lowest BCUT2D eigenvalue weighted by Gasteiger charge is -2.41. The molecule has 1 aliphatic rings. The van der Waals surface area contributed by atoms with E-state index in [1.165, 1.54) is 0 Å². The molecule has 12 heavy (non-hydrogen) atoms. The number of nitrogens with zero attached hydrogens (tertiary/aromatic N) is 2. The molecule has 1 fully saturated rings. The third kappa shape index (κ3) is 0.966. The van der Waals surface area contributed by atoms with Gasteiger partial charge in [0.25, 0.3) is 0 Å². The maximum absolute atomic E-state index is 10.1.